The lowest BCUT2D eigenvalue weighted by Crippen LogP contribution is -1.80. The maximum atomic E-state index is 5.70. The Morgan fingerprint density at radius 2 is 2.36 bits per heavy atom. The molecule has 0 unspecified atom stereocenters. The average molecular weight is 169 g/mol. The van der Waals surface area contributed by atoms with Crippen LogP contribution in [-0.2, 0) is 4.84 Å². The molecule has 0 saturated carbocycles. The Balaban J connectivity index is 2.79. The third-order valence-electron chi connectivity index (χ3n) is 1.09. The zero-order valence-electron chi connectivity index (χ0n) is 6.04. The van der Waals surface area contributed by atoms with Crippen LogP contribution in [0.15, 0.2) is 29.4 Å². The van der Waals surface area contributed by atoms with Gasteiger partial charge in [-0.15, -0.1) is 0 Å². The third kappa shape index (κ3) is 2.60. The lowest BCUT2D eigenvalue weighted by molar-refractivity contribution is 0.215. The summed E-state index contributed by atoms with van der Waals surface area (Å²) in [5.41, 5.74) is 0.805. The van der Waals surface area contributed by atoms with Gasteiger partial charge in [0.1, 0.15) is 13.3 Å². The quantitative estimate of drug-likeness (QED) is 0.490. The molecule has 1 rings (SSSR count). The Hall–Kier alpha value is -1.02. The van der Waals surface area contributed by atoms with Gasteiger partial charge in [0.15, 0.2) is 0 Å². The second kappa shape index (κ2) is 3.98. The summed E-state index contributed by atoms with van der Waals surface area (Å²) in [6.07, 6.45) is 2.65. The van der Waals surface area contributed by atoms with E-state index in [9.17, 15) is 0 Å². The van der Waals surface area contributed by atoms with Crippen molar-refractivity contribution in [2.45, 2.75) is 0 Å². The van der Waals surface area contributed by atoms with Crippen LogP contribution in [0, 0.1) is 0 Å². The van der Waals surface area contributed by atoms with Crippen molar-refractivity contribution in [3.63, 3.8) is 0 Å². The Morgan fingerprint density at radius 3 is 3.00 bits per heavy atom. The van der Waals surface area contributed by atoms with Gasteiger partial charge in [-0.25, -0.2) is 0 Å². The molecule has 57 valence electrons. The van der Waals surface area contributed by atoms with Gasteiger partial charge in [0.25, 0.3) is 0 Å². The molecule has 1 radical (unpaired) electrons. The molecular formula is C8H7ClNO. The van der Waals surface area contributed by atoms with E-state index in [-0.39, 0.29) is 0 Å². The molecule has 0 N–H and O–H groups in total. The molecule has 1 aromatic rings. The molecule has 0 heterocycles. The summed E-state index contributed by atoms with van der Waals surface area (Å²) in [5, 5.41) is 4.14. The molecular weight excluding hydrogens is 162 g/mol. The van der Waals surface area contributed by atoms with Crippen LogP contribution in [0.3, 0.4) is 0 Å². The SMILES string of the molecule is CO/N=[C]\c1cccc(Cl)c1. The molecule has 0 aliphatic rings. The number of hydrogen-bond acceptors (Lipinski definition) is 2. The summed E-state index contributed by atoms with van der Waals surface area (Å²) in [6, 6.07) is 7.22. The first kappa shape index (κ1) is 8.08. The normalized spacial score (nSPS) is 10.4. The maximum Gasteiger partial charge on any atom is 0.139 e. The van der Waals surface area contributed by atoms with Gasteiger partial charge in [0.05, 0.1) is 0 Å². The number of nitrogens with zero attached hydrogens (tertiary/aromatic N) is 1. The van der Waals surface area contributed by atoms with Gasteiger partial charge in [-0.3, -0.25) is 0 Å². The molecule has 0 fully saturated rings. The first-order chi connectivity index (χ1) is 5.33. The second-order valence-electron chi connectivity index (χ2n) is 1.90. The van der Waals surface area contributed by atoms with Crippen LogP contribution in [0.4, 0.5) is 0 Å². The predicted octanol–water partition coefficient (Wildman–Crippen LogP) is 2.20. The van der Waals surface area contributed by atoms with Gasteiger partial charge >= 0.3 is 0 Å². The van der Waals surface area contributed by atoms with E-state index in [2.05, 4.69) is 16.2 Å². The molecule has 11 heavy (non-hydrogen) atoms. The highest BCUT2D eigenvalue weighted by atomic mass is 35.5. The Labute approximate surface area is 70.4 Å². The average Bonchev–Trinajstić information content (AvgIpc) is 2.01. The van der Waals surface area contributed by atoms with E-state index in [4.69, 9.17) is 11.6 Å². The predicted molar refractivity (Wildman–Crippen MR) is 45.0 cm³/mol. The van der Waals surface area contributed by atoms with Crippen molar-refractivity contribution in [2.24, 2.45) is 5.16 Å². The molecule has 0 saturated heterocycles. The largest absolute Gasteiger partial charge is 0.399 e. The zero-order chi connectivity index (χ0) is 8.10. The summed E-state index contributed by atoms with van der Waals surface area (Å²) < 4.78 is 0. The highest BCUT2D eigenvalue weighted by Crippen LogP contribution is 2.08. The van der Waals surface area contributed by atoms with Gasteiger partial charge in [0, 0.05) is 10.6 Å². The van der Waals surface area contributed by atoms with Crippen LogP contribution in [0.5, 0.6) is 0 Å². The summed E-state index contributed by atoms with van der Waals surface area (Å²) >= 11 is 5.70. The van der Waals surface area contributed by atoms with Crippen molar-refractivity contribution < 1.29 is 4.84 Å². The van der Waals surface area contributed by atoms with Crippen LogP contribution in [0.2, 0.25) is 5.02 Å². The molecule has 0 aliphatic carbocycles. The highest BCUT2D eigenvalue weighted by Gasteiger charge is 1.89. The van der Waals surface area contributed by atoms with E-state index in [0.717, 1.165) is 5.56 Å². The highest BCUT2D eigenvalue weighted by molar-refractivity contribution is 6.30. The monoisotopic (exact) mass is 168 g/mol. The molecule has 0 bridgehead atoms. The van der Waals surface area contributed by atoms with Crippen LogP contribution in [0.25, 0.3) is 0 Å². The standard InChI is InChI=1S/C8H7ClNO/c1-11-10-6-7-3-2-4-8(9)5-7/h2-5H,1H3. The molecule has 3 heteroatoms. The fraction of sp³-hybridized carbons (Fsp3) is 0.125. The van der Waals surface area contributed by atoms with E-state index in [0.29, 0.717) is 5.02 Å². The fourth-order valence-corrected chi connectivity index (χ4v) is 0.847. The molecule has 0 aromatic heterocycles. The molecule has 0 aliphatic heterocycles. The molecule has 2 nitrogen and oxygen atoms in total. The number of halogens is 1. The number of benzene rings is 1. The summed E-state index contributed by atoms with van der Waals surface area (Å²) in [5.74, 6) is 0. The smallest absolute Gasteiger partial charge is 0.139 e. The minimum atomic E-state index is 0.668. The summed E-state index contributed by atoms with van der Waals surface area (Å²) in [7, 11) is 1.47. The molecule has 0 atom stereocenters. The van der Waals surface area contributed by atoms with E-state index in [1.165, 1.54) is 7.11 Å². The molecule has 0 spiro atoms. The van der Waals surface area contributed by atoms with E-state index >= 15 is 0 Å². The van der Waals surface area contributed by atoms with Gasteiger partial charge < -0.3 is 4.84 Å². The van der Waals surface area contributed by atoms with Crippen LogP contribution in [0.1, 0.15) is 5.56 Å². The van der Waals surface area contributed by atoms with Crippen molar-refractivity contribution in [3.8, 4) is 0 Å². The van der Waals surface area contributed by atoms with E-state index in [1.807, 2.05) is 12.1 Å². The van der Waals surface area contributed by atoms with Gasteiger partial charge in [-0.1, -0.05) is 28.9 Å². The topological polar surface area (TPSA) is 21.6 Å². The zero-order valence-corrected chi connectivity index (χ0v) is 6.80. The van der Waals surface area contributed by atoms with Crippen LogP contribution >= 0.6 is 11.6 Å². The Bertz CT molecular complexity index is 260. The van der Waals surface area contributed by atoms with E-state index in [1.54, 1.807) is 12.1 Å². The Morgan fingerprint density at radius 1 is 1.55 bits per heavy atom. The second-order valence-corrected chi connectivity index (χ2v) is 2.33. The number of hydrogen-bond donors (Lipinski definition) is 0. The van der Waals surface area contributed by atoms with Gasteiger partial charge in [0.2, 0.25) is 0 Å². The Kier molecular flexibility index (Phi) is 2.93. The van der Waals surface area contributed by atoms with Crippen molar-refractivity contribution >= 4 is 17.8 Å². The van der Waals surface area contributed by atoms with Crippen molar-refractivity contribution in [1.29, 1.82) is 0 Å². The van der Waals surface area contributed by atoms with Crippen molar-refractivity contribution in [3.05, 3.63) is 34.9 Å². The lowest BCUT2D eigenvalue weighted by Gasteiger charge is -1.90. The fourth-order valence-electron chi connectivity index (χ4n) is 0.656. The third-order valence-corrected chi connectivity index (χ3v) is 1.33. The summed E-state index contributed by atoms with van der Waals surface area (Å²) in [4.78, 5) is 4.46. The van der Waals surface area contributed by atoms with Crippen molar-refractivity contribution in [1.82, 2.24) is 0 Å². The number of rotatable bonds is 2. The van der Waals surface area contributed by atoms with Crippen LogP contribution < -0.4 is 0 Å². The molecule has 0 amide bonds. The van der Waals surface area contributed by atoms with E-state index < -0.39 is 0 Å². The lowest BCUT2D eigenvalue weighted by atomic mass is 10.2. The van der Waals surface area contributed by atoms with Gasteiger partial charge in [-0.2, -0.15) is 0 Å². The summed E-state index contributed by atoms with van der Waals surface area (Å²) in [6.45, 7) is 0. The minimum Gasteiger partial charge on any atom is -0.399 e. The molecule has 1 aromatic carbocycles. The minimum absolute atomic E-state index is 0.668. The maximum absolute atomic E-state index is 5.70. The van der Waals surface area contributed by atoms with Crippen molar-refractivity contribution in [2.75, 3.05) is 7.11 Å². The van der Waals surface area contributed by atoms with Gasteiger partial charge in [-0.05, 0) is 12.1 Å². The first-order valence-corrected chi connectivity index (χ1v) is 3.45. The first-order valence-electron chi connectivity index (χ1n) is 3.07. The van der Waals surface area contributed by atoms with Crippen LogP contribution in [-0.4, -0.2) is 13.3 Å².